The highest BCUT2D eigenvalue weighted by Crippen LogP contribution is 2.38. The van der Waals surface area contributed by atoms with Gasteiger partial charge in [-0.3, -0.25) is 0 Å². The molecule has 33 heavy (non-hydrogen) atoms. The summed E-state index contributed by atoms with van der Waals surface area (Å²) in [5.74, 6) is 0.763. The average Bonchev–Trinajstić information content (AvgIpc) is 3.32. The summed E-state index contributed by atoms with van der Waals surface area (Å²) >= 11 is 1.47. The first-order valence-corrected chi connectivity index (χ1v) is 11.5. The molecule has 3 heterocycles. The van der Waals surface area contributed by atoms with Crippen molar-refractivity contribution in [1.82, 2.24) is 19.9 Å². The fourth-order valence-electron chi connectivity index (χ4n) is 3.97. The Labute approximate surface area is 195 Å². The van der Waals surface area contributed by atoms with Crippen molar-refractivity contribution in [3.63, 3.8) is 0 Å². The molecule has 176 valence electrons. The lowest BCUT2D eigenvalue weighted by Gasteiger charge is -2.28. The third-order valence-electron chi connectivity index (χ3n) is 5.75. The van der Waals surface area contributed by atoms with Gasteiger partial charge in [-0.15, -0.1) is 11.3 Å². The van der Waals surface area contributed by atoms with Gasteiger partial charge in [0.25, 0.3) is 0 Å². The zero-order valence-electron chi connectivity index (χ0n) is 18.9. The summed E-state index contributed by atoms with van der Waals surface area (Å²) in [4.78, 5) is 17.7. The van der Waals surface area contributed by atoms with Crippen molar-refractivity contribution in [1.29, 1.82) is 0 Å². The second-order valence-corrected chi connectivity index (χ2v) is 9.55. The van der Waals surface area contributed by atoms with Gasteiger partial charge in [0, 0.05) is 41.1 Å². The quantitative estimate of drug-likeness (QED) is 0.347. The first kappa shape index (κ1) is 23.3. The fourth-order valence-corrected chi connectivity index (χ4v) is 4.78. The number of thiazole rings is 1. The summed E-state index contributed by atoms with van der Waals surface area (Å²) in [5, 5.41) is 40.7. The lowest BCUT2D eigenvalue weighted by atomic mass is 9.88. The molecule has 3 aromatic rings. The molecule has 0 bridgehead atoms. The van der Waals surface area contributed by atoms with E-state index in [1.165, 1.54) is 18.4 Å². The summed E-state index contributed by atoms with van der Waals surface area (Å²) in [6.07, 6.45) is 1.52. The van der Waals surface area contributed by atoms with E-state index in [0.717, 1.165) is 10.7 Å². The van der Waals surface area contributed by atoms with Crippen LogP contribution in [-0.2, 0) is 0 Å². The van der Waals surface area contributed by atoms with Gasteiger partial charge in [-0.25, -0.2) is 15.0 Å². The van der Waals surface area contributed by atoms with E-state index < -0.39 is 29.8 Å². The number of hydrogen-bond donors (Lipinski definition) is 5. The van der Waals surface area contributed by atoms with Crippen LogP contribution < -0.4 is 15.4 Å². The highest BCUT2D eigenvalue weighted by Gasteiger charge is 2.47. The number of pyridine rings is 1. The molecule has 0 radical (unpaired) electrons. The Kier molecular flexibility index (Phi) is 6.48. The van der Waals surface area contributed by atoms with E-state index in [4.69, 9.17) is 4.74 Å². The number of nitrogens with zero attached hydrogens (tertiary/aromatic N) is 4. The topological polar surface area (TPSA) is 146 Å². The average molecular weight is 473 g/mol. The molecule has 3 aromatic heterocycles. The monoisotopic (exact) mass is 472 g/mol. The van der Waals surface area contributed by atoms with Crippen LogP contribution in [0.1, 0.15) is 26.0 Å². The van der Waals surface area contributed by atoms with Gasteiger partial charge in [0.2, 0.25) is 11.8 Å². The van der Waals surface area contributed by atoms with Crippen molar-refractivity contribution in [2.75, 3.05) is 17.7 Å². The number of aryl methyl sites for hydroxylation is 1. The third-order valence-corrected chi connectivity index (χ3v) is 6.74. The molecule has 1 aliphatic carbocycles. The molecule has 1 saturated carbocycles. The number of nitrogens with one attached hydrogen (secondary N) is 2. The molecule has 10 nitrogen and oxygen atoms in total. The van der Waals surface area contributed by atoms with Gasteiger partial charge >= 0.3 is 0 Å². The van der Waals surface area contributed by atoms with Crippen molar-refractivity contribution < 1.29 is 20.1 Å². The molecule has 0 aromatic carbocycles. The van der Waals surface area contributed by atoms with Crippen molar-refractivity contribution in [2.45, 2.75) is 51.0 Å². The van der Waals surface area contributed by atoms with Gasteiger partial charge in [-0.1, -0.05) is 0 Å². The lowest BCUT2D eigenvalue weighted by Crippen LogP contribution is -2.40. The van der Waals surface area contributed by atoms with Gasteiger partial charge in [-0.05, 0) is 33.3 Å². The van der Waals surface area contributed by atoms with Crippen LogP contribution in [0.25, 0.3) is 10.6 Å². The normalized spacial score (nSPS) is 22.9. The van der Waals surface area contributed by atoms with Crippen LogP contribution in [0.2, 0.25) is 0 Å². The van der Waals surface area contributed by atoms with Crippen molar-refractivity contribution >= 4 is 28.8 Å². The number of aromatic nitrogens is 4. The number of anilines is 3. The zero-order chi connectivity index (χ0) is 23.8. The number of rotatable bonds is 7. The number of methoxy groups -OCH3 is 1. The zero-order valence-corrected chi connectivity index (χ0v) is 19.7. The minimum atomic E-state index is -1.13. The maximum absolute atomic E-state index is 10.7. The van der Waals surface area contributed by atoms with Crippen molar-refractivity contribution in [2.24, 2.45) is 5.92 Å². The molecule has 0 spiro atoms. The summed E-state index contributed by atoms with van der Waals surface area (Å²) in [6.45, 7) is 5.18. The van der Waals surface area contributed by atoms with Crippen LogP contribution in [0.15, 0.2) is 29.9 Å². The number of ether oxygens (including phenoxy) is 1. The van der Waals surface area contributed by atoms with Crippen LogP contribution in [0, 0.1) is 12.8 Å². The Morgan fingerprint density at radius 2 is 1.97 bits per heavy atom. The molecule has 11 heteroatoms. The summed E-state index contributed by atoms with van der Waals surface area (Å²) in [5.41, 5.74) is 1.12. The van der Waals surface area contributed by atoms with E-state index in [1.807, 2.05) is 12.3 Å². The molecule has 5 N–H and O–H groups in total. The minimum absolute atomic E-state index is 0.329. The summed E-state index contributed by atoms with van der Waals surface area (Å²) in [7, 11) is 1.54. The Hall–Kier alpha value is -2.86. The SMILES string of the molecule is COc1cc(Nc2ncc(-c3nc(C)cs3)c(N[C@@H]3C[C@H](C(C)(C)O)[C@@H](O)[C@H]3O)n2)ccn1. The van der Waals surface area contributed by atoms with Crippen LogP contribution in [0.3, 0.4) is 0 Å². The first-order valence-electron chi connectivity index (χ1n) is 10.6. The van der Waals surface area contributed by atoms with E-state index in [1.54, 1.807) is 38.4 Å². The molecule has 0 aliphatic heterocycles. The highest BCUT2D eigenvalue weighted by atomic mass is 32.1. The molecule has 0 saturated heterocycles. The van der Waals surface area contributed by atoms with Crippen molar-refractivity contribution in [3.8, 4) is 16.5 Å². The Bertz CT molecular complexity index is 1120. The maximum Gasteiger partial charge on any atom is 0.229 e. The molecule has 4 atom stereocenters. The van der Waals surface area contributed by atoms with Crippen molar-refractivity contribution in [3.05, 3.63) is 35.6 Å². The first-order chi connectivity index (χ1) is 15.7. The van der Waals surface area contributed by atoms with E-state index in [2.05, 4.69) is 30.6 Å². The highest BCUT2D eigenvalue weighted by molar-refractivity contribution is 7.13. The van der Waals surface area contributed by atoms with Crippen LogP contribution in [0.4, 0.5) is 17.5 Å². The van der Waals surface area contributed by atoms with E-state index >= 15 is 0 Å². The largest absolute Gasteiger partial charge is 0.481 e. The minimum Gasteiger partial charge on any atom is -0.481 e. The molecule has 1 aliphatic rings. The van der Waals surface area contributed by atoms with E-state index in [9.17, 15) is 15.3 Å². The van der Waals surface area contributed by atoms with Gasteiger partial charge in [0.1, 0.15) is 16.9 Å². The van der Waals surface area contributed by atoms with E-state index in [0.29, 0.717) is 35.3 Å². The standard InChI is InChI=1S/C22H28N6O4S/c1-11-10-33-20(25-11)13-9-24-21(26-12-5-6-23-16(7-12)32-4)28-19(13)27-15-8-14(22(2,3)31)17(29)18(15)30/h5-7,9-10,14-15,17-18,29-31H,8H2,1-4H3,(H2,23,24,26,27,28)/t14-,15+,17+,18-/m0/s1. The molecular formula is C22H28N6O4S. The number of aliphatic hydroxyl groups excluding tert-OH is 2. The molecule has 0 unspecified atom stereocenters. The smallest absolute Gasteiger partial charge is 0.229 e. The van der Waals surface area contributed by atoms with Gasteiger partial charge < -0.3 is 30.7 Å². The molecule has 1 fully saturated rings. The maximum atomic E-state index is 10.7. The second-order valence-electron chi connectivity index (χ2n) is 8.69. The number of hydrogen-bond acceptors (Lipinski definition) is 11. The van der Waals surface area contributed by atoms with Gasteiger partial charge in [0.15, 0.2) is 0 Å². The van der Waals surface area contributed by atoms with Crippen LogP contribution in [0.5, 0.6) is 5.88 Å². The summed E-state index contributed by atoms with van der Waals surface area (Å²) < 4.78 is 5.16. The Morgan fingerprint density at radius 1 is 1.18 bits per heavy atom. The molecule has 4 rings (SSSR count). The molecule has 0 amide bonds. The predicted molar refractivity (Wildman–Crippen MR) is 126 cm³/mol. The fraction of sp³-hybridized carbons (Fsp3) is 0.455. The second kappa shape index (κ2) is 9.18. The predicted octanol–water partition coefficient (Wildman–Crippen LogP) is 2.35. The molecular weight excluding hydrogens is 444 g/mol. The lowest BCUT2D eigenvalue weighted by molar-refractivity contribution is -0.0601. The van der Waals surface area contributed by atoms with Crippen LogP contribution in [-0.4, -0.2) is 66.2 Å². The van der Waals surface area contributed by atoms with Gasteiger partial charge in [0.05, 0.1) is 30.4 Å². The third kappa shape index (κ3) is 5.06. The van der Waals surface area contributed by atoms with Crippen LogP contribution >= 0.6 is 11.3 Å². The van der Waals surface area contributed by atoms with E-state index in [-0.39, 0.29) is 0 Å². The number of aliphatic hydroxyl groups is 3. The summed E-state index contributed by atoms with van der Waals surface area (Å²) in [6, 6.07) is 2.97. The Balaban J connectivity index is 1.66. The van der Waals surface area contributed by atoms with Gasteiger partial charge in [-0.2, -0.15) is 4.98 Å². The Morgan fingerprint density at radius 3 is 2.61 bits per heavy atom.